The largest absolute Gasteiger partial charge is 0.477 e. The van der Waals surface area contributed by atoms with Crippen molar-refractivity contribution in [2.75, 3.05) is 26.2 Å². The topological polar surface area (TPSA) is 105 Å². The average Bonchev–Trinajstić information content (AvgIpc) is 3.41. The quantitative estimate of drug-likeness (QED) is 0.339. The maximum atomic E-state index is 12.5. The van der Waals surface area contributed by atoms with Gasteiger partial charge in [-0.1, -0.05) is 6.92 Å². The lowest BCUT2D eigenvalue weighted by molar-refractivity contribution is -0.163. The van der Waals surface area contributed by atoms with Gasteiger partial charge < -0.3 is 30.6 Å². The smallest absolute Gasteiger partial charge is 0.353 e. The minimum absolute atomic E-state index is 0.0849. The molecule has 0 aromatic rings. The molecular weight excluding hydrogens is 424 g/mol. The van der Waals surface area contributed by atoms with Gasteiger partial charge in [0.1, 0.15) is 5.70 Å². The second-order valence-corrected chi connectivity index (χ2v) is 10.5. The molecule has 4 heterocycles. The third-order valence-corrected chi connectivity index (χ3v) is 8.59. The zero-order chi connectivity index (χ0) is 21.6. The maximum Gasteiger partial charge on any atom is 0.353 e. The Morgan fingerprint density at radius 3 is 2.73 bits per heavy atom. The highest BCUT2D eigenvalue weighted by atomic mass is 32.2. The lowest BCUT2D eigenvalue weighted by Crippen LogP contribution is -2.63. The van der Waals surface area contributed by atoms with Crippen molar-refractivity contribution in [3.63, 3.8) is 0 Å². The number of thioether (sulfide) groups is 1. The van der Waals surface area contributed by atoms with E-state index in [0.29, 0.717) is 0 Å². The number of hydrogen-bond donors (Lipinski definition) is 4. The highest BCUT2D eigenvalue weighted by Crippen LogP contribution is 2.51. The number of aliphatic hydroxyl groups is 1. The summed E-state index contributed by atoms with van der Waals surface area (Å²) in [5, 5.41) is 27.7. The van der Waals surface area contributed by atoms with Crippen molar-refractivity contribution in [2.45, 2.75) is 56.5 Å². The maximum absolute atomic E-state index is 12.5. The number of carboxylic acids is 1. The number of aliphatic carboxylic acids is 1. The van der Waals surface area contributed by atoms with Gasteiger partial charge in [-0.25, -0.2) is 4.79 Å². The Kier molecular flexibility index (Phi) is 6.30. The monoisotopic (exact) mass is 454 g/mol. The van der Waals surface area contributed by atoms with Crippen LogP contribution in [0.25, 0.3) is 0 Å². The lowest BCUT2D eigenvalue weighted by Gasteiger charge is -2.46. The molecule has 30 heavy (non-hydrogen) atoms. The molecule has 0 saturated carbocycles. The number of hydrogen-bond acceptors (Lipinski definition) is 6. The molecule has 0 radical (unpaired) electrons. The number of aliphatic hydroxyl groups excluding tert-OH is 1. The van der Waals surface area contributed by atoms with Crippen LogP contribution in [0.1, 0.15) is 33.1 Å². The molecule has 0 spiro atoms. The Labute approximate surface area is 186 Å². The highest BCUT2D eigenvalue weighted by molar-refractivity contribution is 8.03. The van der Waals surface area contributed by atoms with Gasteiger partial charge in [0.05, 0.1) is 18.1 Å². The molecule has 6 atom stereocenters. The van der Waals surface area contributed by atoms with Crippen LogP contribution in [-0.2, 0) is 9.59 Å². The first-order valence-electron chi connectivity index (χ1n) is 10.7. The number of rotatable bonds is 6. The Morgan fingerprint density at radius 2 is 2.10 bits per heavy atom. The first-order valence-corrected chi connectivity index (χ1v) is 12.0. The van der Waals surface area contributed by atoms with Gasteiger partial charge in [-0.3, -0.25) is 4.79 Å². The van der Waals surface area contributed by atoms with Crippen LogP contribution in [0.4, 0.5) is 0 Å². The van der Waals surface area contributed by atoms with Crippen molar-refractivity contribution in [3.8, 4) is 0 Å². The van der Waals surface area contributed by atoms with Crippen molar-refractivity contribution in [1.82, 2.24) is 20.4 Å². The molecule has 3 saturated heterocycles. The average molecular weight is 455 g/mol. The normalized spacial score (nSPS) is 34.2. The van der Waals surface area contributed by atoms with Crippen molar-refractivity contribution in [2.24, 2.45) is 11.8 Å². The SMILES string of the molecule is C[C@@H](O)C1C(=O)N2C(C(=O)O)=C(S[C@@H]3CN[C@H](CNC(=S)N4CCCC4)C3)[C@H](C)[C@H]12. The van der Waals surface area contributed by atoms with Gasteiger partial charge in [-0.2, -0.15) is 0 Å². The summed E-state index contributed by atoms with van der Waals surface area (Å²) < 4.78 is 0. The number of β-lactam (4-membered cyclic amide) rings is 1. The molecule has 10 heteroatoms. The van der Waals surface area contributed by atoms with E-state index in [-0.39, 0.29) is 34.9 Å². The summed E-state index contributed by atoms with van der Waals surface area (Å²) in [6.45, 7) is 7.16. The third kappa shape index (κ3) is 3.83. The molecule has 0 aliphatic carbocycles. The van der Waals surface area contributed by atoms with Crippen LogP contribution >= 0.6 is 24.0 Å². The van der Waals surface area contributed by atoms with E-state index in [2.05, 4.69) is 15.5 Å². The van der Waals surface area contributed by atoms with Gasteiger partial charge in [0, 0.05) is 48.3 Å². The van der Waals surface area contributed by atoms with Gasteiger partial charge >= 0.3 is 5.97 Å². The number of amides is 1. The van der Waals surface area contributed by atoms with E-state index < -0.39 is 18.0 Å². The summed E-state index contributed by atoms with van der Waals surface area (Å²) in [5.41, 5.74) is 0.108. The molecule has 4 aliphatic rings. The van der Waals surface area contributed by atoms with E-state index in [9.17, 15) is 19.8 Å². The van der Waals surface area contributed by atoms with Crippen LogP contribution in [0.15, 0.2) is 10.6 Å². The molecule has 1 unspecified atom stereocenters. The first-order chi connectivity index (χ1) is 14.3. The summed E-state index contributed by atoms with van der Waals surface area (Å²) in [7, 11) is 0. The molecule has 4 rings (SSSR count). The summed E-state index contributed by atoms with van der Waals surface area (Å²) >= 11 is 7.06. The minimum atomic E-state index is -1.07. The van der Waals surface area contributed by atoms with Gasteiger partial charge in [-0.15, -0.1) is 11.8 Å². The van der Waals surface area contributed by atoms with E-state index in [1.165, 1.54) is 17.7 Å². The molecule has 3 fully saturated rings. The highest BCUT2D eigenvalue weighted by Gasteiger charge is 2.60. The molecule has 0 bridgehead atoms. The van der Waals surface area contributed by atoms with Gasteiger partial charge in [0.15, 0.2) is 5.11 Å². The predicted molar refractivity (Wildman–Crippen MR) is 119 cm³/mol. The summed E-state index contributed by atoms with van der Waals surface area (Å²) in [4.78, 5) is 28.8. The third-order valence-electron chi connectivity index (χ3n) is 6.68. The fourth-order valence-corrected chi connectivity index (χ4v) is 6.91. The number of nitrogens with zero attached hydrogens (tertiary/aromatic N) is 2. The second-order valence-electron chi connectivity index (χ2n) is 8.73. The fraction of sp³-hybridized carbons (Fsp3) is 0.750. The van der Waals surface area contributed by atoms with Gasteiger partial charge in [-0.05, 0) is 38.4 Å². The molecule has 1 amide bonds. The Hall–Kier alpha value is -1.36. The number of nitrogens with one attached hydrogen (secondary N) is 2. The van der Waals surface area contributed by atoms with Crippen LogP contribution in [-0.4, -0.2) is 86.6 Å². The summed E-state index contributed by atoms with van der Waals surface area (Å²) in [6, 6.07) is 0.0215. The van der Waals surface area contributed by atoms with E-state index in [0.717, 1.165) is 42.6 Å². The van der Waals surface area contributed by atoms with Gasteiger partial charge in [0.2, 0.25) is 5.91 Å². The molecule has 0 aromatic carbocycles. The number of thiocarbonyl (C=S) groups is 1. The van der Waals surface area contributed by atoms with E-state index in [4.69, 9.17) is 12.2 Å². The van der Waals surface area contributed by atoms with Crippen LogP contribution in [0.3, 0.4) is 0 Å². The summed E-state index contributed by atoms with van der Waals surface area (Å²) in [5.74, 6) is -1.95. The molecule has 166 valence electrons. The molecule has 4 aliphatic heterocycles. The van der Waals surface area contributed by atoms with Gasteiger partial charge in [0.25, 0.3) is 0 Å². The Bertz CT molecular complexity index is 768. The zero-order valence-corrected chi connectivity index (χ0v) is 19.0. The number of carbonyl (C=O) groups is 2. The van der Waals surface area contributed by atoms with Crippen molar-refractivity contribution >= 4 is 41.0 Å². The Balaban J connectivity index is 1.36. The second kappa shape index (κ2) is 8.64. The van der Waals surface area contributed by atoms with Crippen LogP contribution < -0.4 is 10.6 Å². The molecular formula is C20H30N4O4S2. The van der Waals surface area contributed by atoms with Crippen molar-refractivity contribution in [1.29, 1.82) is 0 Å². The summed E-state index contributed by atoms with van der Waals surface area (Å²) in [6.07, 6.45) is 2.51. The molecule has 8 nitrogen and oxygen atoms in total. The first kappa shape index (κ1) is 21.9. The standard InChI is InChI=1S/C20H30N4O4S2/c1-10-15-14(11(2)25)18(26)24(15)16(19(27)28)17(10)30-13-7-12(21-9-13)8-22-20(29)23-5-3-4-6-23/h10-15,21,25H,3-9H2,1-2H3,(H,22,29)(H,27,28)/t10-,11-,12+,13+,14?,15-/m1/s1. The number of carboxylic acid groups (broad SMARTS) is 1. The van der Waals surface area contributed by atoms with Crippen LogP contribution in [0, 0.1) is 11.8 Å². The zero-order valence-electron chi connectivity index (χ0n) is 17.3. The fourth-order valence-electron chi connectivity index (χ4n) is 5.13. The van der Waals surface area contributed by atoms with Crippen molar-refractivity contribution in [3.05, 3.63) is 10.6 Å². The van der Waals surface area contributed by atoms with Crippen LogP contribution in [0.5, 0.6) is 0 Å². The minimum Gasteiger partial charge on any atom is -0.477 e. The number of likely N-dealkylation sites (tertiary alicyclic amines) is 1. The van der Waals surface area contributed by atoms with Crippen molar-refractivity contribution < 1.29 is 19.8 Å². The predicted octanol–water partition coefficient (Wildman–Crippen LogP) is 0.574. The molecule has 4 N–H and O–H groups in total. The van der Waals surface area contributed by atoms with E-state index in [1.807, 2.05) is 6.92 Å². The molecule has 0 aromatic heterocycles. The van der Waals surface area contributed by atoms with E-state index in [1.54, 1.807) is 18.7 Å². The van der Waals surface area contributed by atoms with E-state index >= 15 is 0 Å². The lowest BCUT2D eigenvalue weighted by atomic mass is 9.79. The number of fused-ring (bicyclic) bond motifs is 1. The van der Waals surface area contributed by atoms with Crippen LogP contribution in [0.2, 0.25) is 0 Å². The number of carbonyl (C=O) groups excluding carboxylic acids is 1. The Morgan fingerprint density at radius 1 is 1.40 bits per heavy atom.